The second-order valence-electron chi connectivity index (χ2n) is 6.74. The van der Waals surface area contributed by atoms with Crippen molar-refractivity contribution in [1.82, 2.24) is 5.32 Å². The van der Waals surface area contributed by atoms with E-state index in [4.69, 9.17) is 0 Å². The van der Waals surface area contributed by atoms with E-state index in [-0.39, 0.29) is 22.7 Å². The van der Waals surface area contributed by atoms with E-state index in [0.29, 0.717) is 11.3 Å². The molecule has 0 aliphatic heterocycles. The number of sulfonamides is 1. The second-order valence-corrected chi connectivity index (χ2v) is 8.43. The van der Waals surface area contributed by atoms with Crippen molar-refractivity contribution in [3.63, 3.8) is 0 Å². The Morgan fingerprint density at radius 3 is 2.07 bits per heavy atom. The van der Waals surface area contributed by atoms with Gasteiger partial charge in [0.15, 0.2) is 0 Å². The van der Waals surface area contributed by atoms with Gasteiger partial charge in [-0.1, -0.05) is 29.8 Å². The van der Waals surface area contributed by atoms with Gasteiger partial charge in [-0.3, -0.25) is 9.52 Å². The number of carbonyl (C=O) groups is 1. The SMILES string of the molecule is Cc1ccc(S(=O)(=O)Nc2ccc(C(=O)N[C@H](C)c3ccc(F)cc3)cc2)cc1. The van der Waals surface area contributed by atoms with Gasteiger partial charge in [-0.2, -0.15) is 0 Å². The van der Waals surface area contributed by atoms with E-state index in [1.165, 1.54) is 36.4 Å². The molecule has 0 spiro atoms. The number of rotatable bonds is 6. The van der Waals surface area contributed by atoms with Crippen LogP contribution in [0.2, 0.25) is 0 Å². The van der Waals surface area contributed by atoms with Gasteiger partial charge < -0.3 is 5.32 Å². The lowest BCUT2D eigenvalue weighted by atomic mass is 10.1. The van der Waals surface area contributed by atoms with Crippen LogP contribution in [0.4, 0.5) is 10.1 Å². The summed E-state index contributed by atoms with van der Waals surface area (Å²) >= 11 is 0. The van der Waals surface area contributed by atoms with Crippen LogP contribution in [-0.4, -0.2) is 14.3 Å². The zero-order valence-corrected chi connectivity index (χ0v) is 16.8. The highest BCUT2D eigenvalue weighted by molar-refractivity contribution is 7.92. The normalized spacial score (nSPS) is 12.2. The summed E-state index contributed by atoms with van der Waals surface area (Å²) in [5.41, 5.74) is 2.49. The Kier molecular flexibility index (Phi) is 5.98. The Balaban J connectivity index is 1.67. The Hall–Kier alpha value is -3.19. The molecule has 150 valence electrons. The van der Waals surface area contributed by atoms with Gasteiger partial charge in [0.25, 0.3) is 15.9 Å². The number of carbonyl (C=O) groups excluding carboxylic acids is 1. The van der Waals surface area contributed by atoms with Crippen LogP contribution in [0.15, 0.2) is 77.7 Å². The third-order valence-electron chi connectivity index (χ3n) is 4.45. The van der Waals surface area contributed by atoms with Crippen LogP contribution in [0, 0.1) is 12.7 Å². The van der Waals surface area contributed by atoms with Crippen molar-refractivity contribution in [1.29, 1.82) is 0 Å². The molecule has 3 aromatic rings. The third-order valence-corrected chi connectivity index (χ3v) is 5.85. The van der Waals surface area contributed by atoms with Crippen molar-refractivity contribution in [2.45, 2.75) is 24.8 Å². The molecule has 0 aliphatic carbocycles. The molecule has 0 unspecified atom stereocenters. The molecule has 0 aromatic heterocycles. The molecule has 1 amide bonds. The van der Waals surface area contributed by atoms with Crippen molar-refractivity contribution >= 4 is 21.6 Å². The Labute approximate surface area is 169 Å². The van der Waals surface area contributed by atoms with Crippen LogP contribution in [0.1, 0.15) is 34.5 Å². The largest absolute Gasteiger partial charge is 0.346 e. The number of halogens is 1. The molecule has 1 atom stereocenters. The standard InChI is InChI=1S/C22H21FN2O3S/c1-15-3-13-21(14-4-15)29(27,28)25-20-11-7-18(8-12-20)22(26)24-16(2)17-5-9-19(23)10-6-17/h3-14,16,25H,1-2H3,(H,24,26)/t16-/m1/s1. The average molecular weight is 412 g/mol. The molecule has 5 nitrogen and oxygen atoms in total. The molecule has 3 rings (SSSR count). The number of anilines is 1. The first-order chi connectivity index (χ1) is 13.7. The molecule has 0 saturated heterocycles. The number of nitrogens with one attached hydrogen (secondary N) is 2. The van der Waals surface area contributed by atoms with Crippen molar-refractivity contribution in [3.05, 3.63) is 95.3 Å². The summed E-state index contributed by atoms with van der Waals surface area (Å²) in [5.74, 6) is -0.647. The smallest absolute Gasteiger partial charge is 0.261 e. The molecule has 7 heteroatoms. The minimum Gasteiger partial charge on any atom is -0.346 e. The average Bonchev–Trinajstić information content (AvgIpc) is 2.69. The second kappa shape index (κ2) is 8.45. The van der Waals surface area contributed by atoms with Crippen molar-refractivity contribution in [3.8, 4) is 0 Å². The minimum absolute atomic E-state index is 0.165. The van der Waals surface area contributed by atoms with Crippen molar-refractivity contribution in [2.24, 2.45) is 0 Å². The topological polar surface area (TPSA) is 75.3 Å². The summed E-state index contributed by atoms with van der Waals surface area (Å²) < 4.78 is 40.4. The van der Waals surface area contributed by atoms with Gasteiger partial charge in [-0.25, -0.2) is 12.8 Å². The molecule has 0 heterocycles. The summed E-state index contributed by atoms with van der Waals surface area (Å²) in [6.45, 7) is 3.68. The van der Waals surface area contributed by atoms with Crippen LogP contribution >= 0.6 is 0 Å². The van der Waals surface area contributed by atoms with E-state index in [1.807, 2.05) is 6.92 Å². The molecule has 0 saturated carbocycles. The van der Waals surface area contributed by atoms with E-state index in [9.17, 15) is 17.6 Å². The molecule has 29 heavy (non-hydrogen) atoms. The van der Waals surface area contributed by atoms with Crippen molar-refractivity contribution in [2.75, 3.05) is 4.72 Å². The predicted octanol–water partition coefficient (Wildman–Crippen LogP) is 4.43. The summed E-state index contributed by atoms with van der Waals surface area (Å²) in [6.07, 6.45) is 0. The quantitative estimate of drug-likeness (QED) is 0.629. The summed E-state index contributed by atoms with van der Waals surface area (Å²) in [4.78, 5) is 12.6. The minimum atomic E-state index is -3.70. The highest BCUT2D eigenvalue weighted by Gasteiger charge is 2.15. The van der Waals surface area contributed by atoms with Gasteiger partial charge >= 0.3 is 0 Å². The zero-order valence-electron chi connectivity index (χ0n) is 16.0. The fourth-order valence-corrected chi connectivity index (χ4v) is 3.79. The Bertz CT molecular complexity index is 1090. The Morgan fingerprint density at radius 1 is 0.897 bits per heavy atom. The maximum Gasteiger partial charge on any atom is 0.261 e. The van der Waals surface area contributed by atoms with Gasteiger partial charge in [-0.15, -0.1) is 0 Å². The lowest BCUT2D eigenvalue weighted by Crippen LogP contribution is -2.26. The number of hydrogen-bond donors (Lipinski definition) is 2. The molecular formula is C22H21FN2O3S. The van der Waals surface area contributed by atoms with E-state index in [2.05, 4.69) is 10.0 Å². The van der Waals surface area contributed by atoms with Gasteiger partial charge in [0.05, 0.1) is 10.9 Å². The van der Waals surface area contributed by atoms with Crippen LogP contribution in [-0.2, 0) is 10.0 Å². The fraction of sp³-hybridized carbons (Fsp3) is 0.136. The van der Waals surface area contributed by atoms with E-state index < -0.39 is 10.0 Å². The van der Waals surface area contributed by atoms with Gasteiger partial charge in [0.1, 0.15) is 5.82 Å². The predicted molar refractivity (Wildman–Crippen MR) is 111 cm³/mol. The van der Waals surface area contributed by atoms with Gasteiger partial charge in [0, 0.05) is 11.3 Å². The first-order valence-electron chi connectivity index (χ1n) is 9.00. The van der Waals surface area contributed by atoms with E-state index in [1.54, 1.807) is 43.3 Å². The lowest BCUT2D eigenvalue weighted by Gasteiger charge is -2.15. The van der Waals surface area contributed by atoms with E-state index >= 15 is 0 Å². The molecule has 2 N–H and O–H groups in total. The lowest BCUT2D eigenvalue weighted by molar-refractivity contribution is 0.0940. The zero-order chi connectivity index (χ0) is 21.0. The molecule has 0 radical (unpaired) electrons. The first-order valence-corrected chi connectivity index (χ1v) is 10.5. The van der Waals surface area contributed by atoms with Crippen LogP contribution in [0.25, 0.3) is 0 Å². The number of benzene rings is 3. The first kappa shape index (κ1) is 20.5. The fourth-order valence-electron chi connectivity index (χ4n) is 2.74. The van der Waals surface area contributed by atoms with Gasteiger partial charge in [-0.05, 0) is 67.9 Å². The van der Waals surface area contributed by atoms with Crippen LogP contribution < -0.4 is 10.0 Å². The molecule has 0 bridgehead atoms. The number of aryl methyl sites for hydroxylation is 1. The highest BCUT2D eigenvalue weighted by Crippen LogP contribution is 2.18. The van der Waals surface area contributed by atoms with Crippen LogP contribution in [0.3, 0.4) is 0 Å². The molecule has 3 aromatic carbocycles. The van der Waals surface area contributed by atoms with Crippen LogP contribution in [0.5, 0.6) is 0 Å². The molecular weight excluding hydrogens is 391 g/mol. The Morgan fingerprint density at radius 2 is 1.48 bits per heavy atom. The van der Waals surface area contributed by atoms with Crippen molar-refractivity contribution < 1.29 is 17.6 Å². The summed E-state index contributed by atoms with van der Waals surface area (Å²) in [7, 11) is -3.70. The monoisotopic (exact) mass is 412 g/mol. The molecule has 0 fully saturated rings. The summed E-state index contributed by atoms with van der Waals surface area (Å²) in [6, 6.07) is 18.3. The number of hydrogen-bond acceptors (Lipinski definition) is 3. The highest BCUT2D eigenvalue weighted by atomic mass is 32.2. The maximum absolute atomic E-state index is 13.0. The molecule has 0 aliphatic rings. The number of amides is 1. The maximum atomic E-state index is 13.0. The third kappa shape index (κ3) is 5.20. The van der Waals surface area contributed by atoms with E-state index in [0.717, 1.165) is 11.1 Å². The van der Waals surface area contributed by atoms with Gasteiger partial charge in [0.2, 0.25) is 0 Å². The summed E-state index contributed by atoms with van der Waals surface area (Å²) in [5, 5.41) is 2.83.